The molecule has 0 atom stereocenters. The first-order chi connectivity index (χ1) is 14.5. The van der Waals surface area contributed by atoms with Crippen LogP contribution in [0, 0.1) is 13.8 Å². The summed E-state index contributed by atoms with van der Waals surface area (Å²) in [6.45, 7) is 7.30. The van der Waals surface area contributed by atoms with Gasteiger partial charge in [0.1, 0.15) is 0 Å². The van der Waals surface area contributed by atoms with Crippen molar-refractivity contribution in [2.75, 3.05) is 36.8 Å². The highest BCUT2D eigenvalue weighted by atomic mass is 35.5. The Morgan fingerprint density at radius 2 is 1.83 bits per heavy atom. The maximum absolute atomic E-state index is 12.6. The van der Waals surface area contributed by atoms with Crippen LogP contribution in [-0.2, 0) is 4.79 Å². The Morgan fingerprint density at radius 1 is 1.10 bits per heavy atom. The Kier molecular flexibility index (Phi) is 6.86. The standard InChI is InChI=1S/C23H26ClN3OS2/c1-16-5-7-18(8-6-16)29-15-3-4-21(28)26-11-13-27(14-12-26)23-25-22-17(2)19(24)9-10-20(22)30-23/h5-10H,3-4,11-15H2,1-2H3. The number of hydrogen-bond acceptors (Lipinski definition) is 5. The van der Waals surface area contributed by atoms with E-state index in [1.807, 2.05) is 35.7 Å². The molecule has 1 aliphatic heterocycles. The lowest BCUT2D eigenvalue weighted by atomic mass is 10.2. The maximum atomic E-state index is 12.6. The number of aryl methyl sites for hydroxylation is 2. The monoisotopic (exact) mass is 459 g/mol. The number of rotatable bonds is 6. The van der Waals surface area contributed by atoms with Crippen LogP contribution >= 0.6 is 34.7 Å². The van der Waals surface area contributed by atoms with Crippen LogP contribution in [0.4, 0.5) is 5.13 Å². The number of fused-ring (bicyclic) bond motifs is 1. The third-order valence-electron chi connectivity index (χ3n) is 5.46. The second kappa shape index (κ2) is 9.58. The number of halogens is 1. The van der Waals surface area contributed by atoms with Crippen LogP contribution in [0.1, 0.15) is 24.0 Å². The summed E-state index contributed by atoms with van der Waals surface area (Å²) >= 11 is 9.76. The van der Waals surface area contributed by atoms with E-state index in [4.69, 9.17) is 16.6 Å². The molecule has 1 aliphatic rings. The van der Waals surface area contributed by atoms with E-state index in [-0.39, 0.29) is 5.91 Å². The molecule has 4 rings (SSSR count). The largest absolute Gasteiger partial charge is 0.345 e. The smallest absolute Gasteiger partial charge is 0.222 e. The van der Waals surface area contributed by atoms with Crippen molar-refractivity contribution in [2.45, 2.75) is 31.6 Å². The first-order valence-electron chi connectivity index (χ1n) is 10.3. The second-order valence-corrected chi connectivity index (χ2v) is 10.2. The summed E-state index contributed by atoms with van der Waals surface area (Å²) in [7, 11) is 0. The number of nitrogens with zero attached hydrogens (tertiary/aromatic N) is 3. The number of carbonyl (C=O) groups is 1. The van der Waals surface area contributed by atoms with Crippen molar-refractivity contribution in [1.29, 1.82) is 0 Å². The van der Waals surface area contributed by atoms with Gasteiger partial charge in [-0.3, -0.25) is 4.79 Å². The highest BCUT2D eigenvalue weighted by Gasteiger charge is 2.23. The van der Waals surface area contributed by atoms with E-state index in [0.29, 0.717) is 6.42 Å². The molecule has 2 heterocycles. The number of thioether (sulfide) groups is 1. The fraction of sp³-hybridized carbons (Fsp3) is 0.391. The second-order valence-electron chi connectivity index (χ2n) is 7.65. The third-order valence-corrected chi connectivity index (χ3v) is 8.05. The molecule has 1 aromatic heterocycles. The number of piperazine rings is 1. The number of benzene rings is 2. The number of hydrogen-bond donors (Lipinski definition) is 0. The fourth-order valence-electron chi connectivity index (χ4n) is 3.58. The lowest BCUT2D eigenvalue weighted by Crippen LogP contribution is -2.48. The lowest BCUT2D eigenvalue weighted by Gasteiger charge is -2.34. The van der Waals surface area contributed by atoms with Crippen LogP contribution in [0.2, 0.25) is 5.02 Å². The molecule has 1 fully saturated rings. The number of amides is 1. The predicted molar refractivity (Wildman–Crippen MR) is 129 cm³/mol. The maximum Gasteiger partial charge on any atom is 0.222 e. The van der Waals surface area contributed by atoms with Gasteiger partial charge in [0.2, 0.25) is 5.91 Å². The van der Waals surface area contributed by atoms with Gasteiger partial charge in [0, 0.05) is 42.5 Å². The van der Waals surface area contributed by atoms with Crippen molar-refractivity contribution in [3.05, 3.63) is 52.5 Å². The highest BCUT2D eigenvalue weighted by Crippen LogP contribution is 2.33. The Hall–Kier alpha value is -1.76. The molecular formula is C23H26ClN3OS2. The molecular weight excluding hydrogens is 434 g/mol. The minimum atomic E-state index is 0.270. The van der Waals surface area contributed by atoms with Gasteiger partial charge in [-0.25, -0.2) is 4.98 Å². The predicted octanol–water partition coefficient (Wildman–Crippen LogP) is 5.79. The van der Waals surface area contributed by atoms with Gasteiger partial charge in [-0.05, 0) is 55.9 Å². The van der Waals surface area contributed by atoms with Crippen molar-refractivity contribution in [2.24, 2.45) is 0 Å². The van der Waals surface area contributed by atoms with Crippen LogP contribution < -0.4 is 4.90 Å². The Labute approximate surface area is 191 Å². The normalized spacial score (nSPS) is 14.5. The van der Waals surface area contributed by atoms with Gasteiger partial charge in [-0.2, -0.15) is 0 Å². The summed E-state index contributed by atoms with van der Waals surface area (Å²) in [5.74, 6) is 1.24. The van der Waals surface area contributed by atoms with Gasteiger partial charge in [0.15, 0.2) is 5.13 Å². The van der Waals surface area contributed by atoms with E-state index in [0.717, 1.165) is 64.3 Å². The number of carbonyl (C=O) groups excluding carboxylic acids is 1. The molecule has 0 saturated carbocycles. The van der Waals surface area contributed by atoms with Crippen LogP contribution in [0.25, 0.3) is 10.2 Å². The summed E-state index contributed by atoms with van der Waals surface area (Å²) in [6, 6.07) is 12.6. The molecule has 2 aromatic carbocycles. The van der Waals surface area contributed by atoms with Crippen LogP contribution in [0.3, 0.4) is 0 Å². The Bertz CT molecular complexity index is 1030. The highest BCUT2D eigenvalue weighted by molar-refractivity contribution is 7.99. The minimum absolute atomic E-state index is 0.270. The van der Waals surface area contributed by atoms with Gasteiger partial charge in [0.05, 0.1) is 10.2 Å². The SMILES string of the molecule is Cc1ccc(SCCCC(=O)N2CCN(c3nc4c(C)c(Cl)ccc4s3)CC2)cc1. The van der Waals surface area contributed by atoms with E-state index in [2.05, 4.69) is 36.1 Å². The van der Waals surface area contributed by atoms with Crippen molar-refractivity contribution in [1.82, 2.24) is 9.88 Å². The molecule has 0 spiro atoms. The molecule has 0 unspecified atom stereocenters. The van der Waals surface area contributed by atoms with E-state index in [1.54, 1.807) is 11.3 Å². The summed E-state index contributed by atoms with van der Waals surface area (Å²) < 4.78 is 1.16. The molecule has 0 bridgehead atoms. The molecule has 0 radical (unpaired) electrons. The first kappa shape index (κ1) is 21.5. The fourth-order valence-corrected chi connectivity index (χ4v) is 5.66. The topological polar surface area (TPSA) is 36.4 Å². The molecule has 1 saturated heterocycles. The number of thiazole rings is 1. The van der Waals surface area contributed by atoms with E-state index in [1.165, 1.54) is 10.5 Å². The summed E-state index contributed by atoms with van der Waals surface area (Å²) in [4.78, 5) is 23.0. The Balaban J connectivity index is 1.24. The van der Waals surface area contributed by atoms with Crippen molar-refractivity contribution < 1.29 is 4.79 Å². The summed E-state index contributed by atoms with van der Waals surface area (Å²) in [5.41, 5.74) is 3.31. The van der Waals surface area contributed by atoms with Crippen LogP contribution in [-0.4, -0.2) is 47.7 Å². The van der Waals surface area contributed by atoms with Crippen LogP contribution in [0.5, 0.6) is 0 Å². The molecule has 7 heteroatoms. The average molecular weight is 460 g/mol. The lowest BCUT2D eigenvalue weighted by molar-refractivity contribution is -0.131. The van der Waals surface area contributed by atoms with Crippen molar-refractivity contribution in [3.63, 3.8) is 0 Å². The van der Waals surface area contributed by atoms with E-state index < -0.39 is 0 Å². The Morgan fingerprint density at radius 3 is 2.57 bits per heavy atom. The van der Waals surface area contributed by atoms with Gasteiger partial charge < -0.3 is 9.80 Å². The first-order valence-corrected chi connectivity index (χ1v) is 12.5. The number of anilines is 1. The molecule has 0 aliphatic carbocycles. The summed E-state index contributed by atoms with van der Waals surface area (Å²) in [6.07, 6.45) is 1.53. The van der Waals surface area contributed by atoms with Gasteiger partial charge >= 0.3 is 0 Å². The zero-order chi connectivity index (χ0) is 21.1. The third kappa shape index (κ3) is 4.93. The molecule has 30 heavy (non-hydrogen) atoms. The molecule has 0 N–H and O–H groups in total. The average Bonchev–Trinajstić information content (AvgIpc) is 3.20. The minimum Gasteiger partial charge on any atom is -0.345 e. The molecule has 4 nitrogen and oxygen atoms in total. The van der Waals surface area contributed by atoms with E-state index >= 15 is 0 Å². The van der Waals surface area contributed by atoms with Crippen molar-refractivity contribution >= 4 is 56.0 Å². The summed E-state index contributed by atoms with van der Waals surface area (Å²) in [5, 5.41) is 1.78. The van der Waals surface area contributed by atoms with Gasteiger partial charge in [-0.1, -0.05) is 40.6 Å². The number of aromatic nitrogens is 1. The van der Waals surface area contributed by atoms with Crippen molar-refractivity contribution in [3.8, 4) is 0 Å². The van der Waals surface area contributed by atoms with E-state index in [9.17, 15) is 4.79 Å². The van der Waals surface area contributed by atoms with Gasteiger partial charge in [0.25, 0.3) is 0 Å². The molecule has 1 amide bonds. The zero-order valence-electron chi connectivity index (χ0n) is 17.4. The quantitative estimate of drug-likeness (QED) is 0.345. The van der Waals surface area contributed by atoms with Gasteiger partial charge in [-0.15, -0.1) is 11.8 Å². The molecule has 3 aromatic rings. The molecule has 158 valence electrons. The zero-order valence-corrected chi connectivity index (χ0v) is 19.7. The van der Waals surface area contributed by atoms with Crippen LogP contribution in [0.15, 0.2) is 41.3 Å².